The van der Waals surface area contributed by atoms with Crippen LogP contribution in [-0.4, -0.2) is 34.0 Å². The zero-order valence-corrected chi connectivity index (χ0v) is 11.8. The van der Waals surface area contributed by atoms with Crippen LogP contribution in [0.1, 0.15) is 19.3 Å². The van der Waals surface area contributed by atoms with E-state index < -0.39 is 9.84 Å². The topological polar surface area (TPSA) is 78.6 Å². The van der Waals surface area contributed by atoms with E-state index in [9.17, 15) is 8.42 Å². The molecule has 2 N–H and O–H groups in total. The Labute approximate surface area is 113 Å². The molecule has 1 aromatic rings. The molecule has 2 rings (SSSR count). The third-order valence-electron chi connectivity index (χ3n) is 3.12. The Hall–Kier alpha value is -1.27. The van der Waals surface area contributed by atoms with Gasteiger partial charge in [0.05, 0.1) is 16.7 Å². The van der Waals surface area contributed by atoms with E-state index >= 15 is 0 Å². The third-order valence-corrected chi connectivity index (χ3v) is 4.28. The highest BCUT2D eigenvalue weighted by Gasteiger charge is 2.18. The summed E-state index contributed by atoms with van der Waals surface area (Å²) in [5.41, 5.74) is 6.01. The average molecular weight is 285 g/mol. The minimum atomic E-state index is -3.34. The average Bonchev–Trinajstić information content (AvgIpc) is 2.37. The van der Waals surface area contributed by atoms with Crippen LogP contribution in [0, 0.1) is 0 Å². The lowest BCUT2D eigenvalue weighted by Gasteiger charge is -2.23. The molecule has 1 unspecified atom stereocenters. The van der Waals surface area contributed by atoms with Gasteiger partial charge in [-0.15, -0.1) is 0 Å². The van der Waals surface area contributed by atoms with Crippen molar-refractivity contribution in [1.29, 1.82) is 0 Å². The van der Waals surface area contributed by atoms with Crippen LogP contribution in [0.2, 0.25) is 0 Å². The van der Waals surface area contributed by atoms with Gasteiger partial charge in [0, 0.05) is 12.9 Å². The highest BCUT2D eigenvalue weighted by atomic mass is 32.2. The van der Waals surface area contributed by atoms with Crippen molar-refractivity contribution in [2.24, 2.45) is 0 Å². The second kappa shape index (κ2) is 5.79. The molecule has 1 heterocycles. The van der Waals surface area contributed by atoms with Gasteiger partial charge < -0.3 is 15.2 Å². The van der Waals surface area contributed by atoms with Gasteiger partial charge in [0.1, 0.15) is 12.4 Å². The molecular weight excluding hydrogens is 266 g/mol. The number of sulfone groups is 1. The van der Waals surface area contributed by atoms with Gasteiger partial charge in [-0.3, -0.25) is 0 Å². The number of anilines is 1. The largest absolute Gasteiger partial charge is 0.489 e. The van der Waals surface area contributed by atoms with E-state index in [0.717, 1.165) is 32.1 Å². The van der Waals surface area contributed by atoms with E-state index in [1.807, 2.05) is 0 Å². The number of hydrogen-bond acceptors (Lipinski definition) is 5. The second-order valence-corrected chi connectivity index (χ2v) is 6.72. The van der Waals surface area contributed by atoms with E-state index in [-0.39, 0.29) is 16.7 Å². The third kappa shape index (κ3) is 3.61. The number of hydrogen-bond donors (Lipinski definition) is 1. The highest BCUT2D eigenvalue weighted by Crippen LogP contribution is 2.29. The first kappa shape index (κ1) is 14.1. The van der Waals surface area contributed by atoms with Gasteiger partial charge in [-0.2, -0.15) is 0 Å². The SMILES string of the molecule is CS(=O)(=O)c1cccc(OCC2CCCCO2)c1N. The minimum absolute atomic E-state index is 0.0649. The van der Waals surface area contributed by atoms with E-state index in [1.54, 1.807) is 12.1 Å². The maximum atomic E-state index is 11.6. The molecule has 1 atom stereocenters. The lowest BCUT2D eigenvalue weighted by Crippen LogP contribution is -2.26. The first-order valence-electron chi connectivity index (χ1n) is 6.31. The van der Waals surface area contributed by atoms with Crippen LogP contribution < -0.4 is 10.5 Å². The van der Waals surface area contributed by atoms with Crippen molar-refractivity contribution in [2.75, 3.05) is 25.2 Å². The van der Waals surface area contributed by atoms with E-state index in [0.29, 0.717) is 12.4 Å². The second-order valence-electron chi connectivity index (χ2n) is 4.74. The zero-order valence-electron chi connectivity index (χ0n) is 11.0. The molecule has 19 heavy (non-hydrogen) atoms. The maximum Gasteiger partial charge on any atom is 0.177 e. The molecule has 0 bridgehead atoms. The molecule has 1 aliphatic heterocycles. The number of nitrogens with two attached hydrogens (primary N) is 1. The summed E-state index contributed by atoms with van der Waals surface area (Å²) in [6, 6.07) is 4.78. The molecule has 0 spiro atoms. The lowest BCUT2D eigenvalue weighted by molar-refractivity contribution is -0.0109. The Kier molecular flexibility index (Phi) is 4.31. The fourth-order valence-electron chi connectivity index (χ4n) is 2.09. The first-order chi connectivity index (χ1) is 8.98. The summed E-state index contributed by atoms with van der Waals surface area (Å²) in [6.07, 6.45) is 4.38. The predicted molar refractivity (Wildman–Crippen MR) is 73.1 cm³/mol. The maximum absolute atomic E-state index is 11.6. The molecule has 6 heteroatoms. The summed E-state index contributed by atoms with van der Waals surface area (Å²) in [5, 5.41) is 0. The van der Waals surface area contributed by atoms with Crippen molar-refractivity contribution in [3.05, 3.63) is 18.2 Å². The summed E-state index contributed by atoms with van der Waals surface area (Å²) in [5.74, 6) is 0.400. The van der Waals surface area contributed by atoms with Crippen molar-refractivity contribution >= 4 is 15.5 Å². The van der Waals surface area contributed by atoms with Crippen molar-refractivity contribution in [1.82, 2.24) is 0 Å². The van der Waals surface area contributed by atoms with Crippen LogP contribution in [0.3, 0.4) is 0 Å². The Bertz CT molecular complexity index is 536. The lowest BCUT2D eigenvalue weighted by atomic mass is 10.1. The summed E-state index contributed by atoms with van der Waals surface area (Å²) < 4.78 is 34.3. The van der Waals surface area contributed by atoms with Crippen LogP contribution in [0.15, 0.2) is 23.1 Å². The molecule has 0 aromatic heterocycles. The normalized spacial score (nSPS) is 20.2. The molecule has 106 valence electrons. The molecule has 0 aliphatic carbocycles. The van der Waals surface area contributed by atoms with Gasteiger partial charge in [-0.1, -0.05) is 6.07 Å². The Morgan fingerprint density at radius 3 is 2.84 bits per heavy atom. The van der Waals surface area contributed by atoms with Crippen molar-refractivity contribution in [3.63, 3.8) is 0 Å². The number of benzene rings is 1. The van der Waals surface area contributed by atoms with Crippen LogP contribution in [0.5, 0.6) is 5.75 Å². The van der Waals surface area contributed by atoms with Crippen molar-refractivity contribution in [3.8, 4) is 5.75 Å². The molecular formula is C13H19NO4S. The van der Waals surface area contributed by atoms with Crippen LogP contribution >= 0.6 is 0 Å². The van der Waals surface area contributed by atoms with E-state index in [2.05, 4.69) is 0 Å². The summed E-state index contributed by atoms with van der Waals surface area (Å²) in [6.45, 7) is 1.16. The molecule has 5 nitrogen and oxygen atoms in total. The number of ether oxygens (including phenoxy) is 2. The molecule has 0 saturated carbocycles. The molecule has 1 fully saturated rings. The van der Waals surface area contributed by atoms with Gasteiger partial charge in [0.2, 0.25) is 0 Å². The standard InChI is InChI=1S/C13H19NO4S/c1-19(15,16)12-7-4-6-11(13(12)14)18-9-10-5-2-3-8-17-10/h4,6-7,10H,2-3,5,8-9,14H2,1H3. The van der Waals surface area contributed by atoms with Crippen LogP contribution in [-0.2, 0) is 14.6 Å². The summed E-state index contributed by atoms with van der Waals surface area (Å²) >= 11 is 0. The van der Waals surface area contributed by atoms with Crippen LogP contribution in [0.25, 0.3) is 0 Å². The summed E-state index contributed by atoms with van der Waals surface area (Å²) in [7, 11) is -3.34. The Balaban J connectivity index is 2.08. The smallest absolute Gasteiger partial charge is 0.177 e. The highest BCUT2D eigenvalue weighted by molar-refractivity contribution is 7.90. The Morgan fingerprint density at radius 1 is 1.42 bits per heavy atom. The van der Waals surface area contributed by atoms with Gasteiger partial charge in [-0.05, 0) is 31.4 Å². The van der Waals surface area contributed by atoms with Crippen molar-refractivity contribution < 1.29 is 17.9 Å². The van der Waals surface area contributed by atoms with Gasteiger partial charge in [0.15, 0.2) is 9.84 Å². The number of rotatable bonds is 4. The predicted octanol–water partition coefficient (Wildman–Crippen LogP) is 1.62. The van der Waals surface area contributed by atoms with Crippen LogP contribution in [0.4, 0.5) is 5.69 Å². The fourth-order valence-corrected chi connectivity index (χ4v) is 2.92. The number of nitrogen functional groups attached to an aromatic ring is 1. The van der Waals surface area contributed by atoms with E-state index in [4.69, 9.17) is 15.2 Å². The molecule has 0 amide bonds. The monoisotopic (exact) mass is 285 g/mol. The van der Waals surface area contributed by atoms with Gasteiger partial charge in [-0.25, -0.2) is 8.42 Å². The number of para-hydroxylation sites is 1. The first-order valence-corrected chi connectivity index (χ1v) is 8.20. The van der Waals surface area contributed by atoms with Gasteiger partial charge in [0.25, 0.3) is 0 Å². The molecule has 1 aliphatic rings. The Morgan fingerprint density at radius 2 is 2.21 bits per heavy atom. The zero-order chi connectivity index (χ0) is 13.9. The summed E-state index contributed by atoms with van der Waals surface area (Å²) in [4.78, 5) is 0.106. The van der Waals surface area contributed by atoms with Gasteiger partial charge >= 0.3 is 0 Å². The molecule has 1 aromatic carbocycles. The van der Waals surface area contributed by atoms with Crippen molar-refractivity contribution in [2.45, 2.75) is 30.3 Å². The quantitative estimate of drug-likeness (QED) is 0.850. The molecule has 1 saturated heterocycles. The minimum Gasteiger partial charge on any atom is -0.489 e. The molecule has 0 radical (unpaired) electrons. The van der Waals surface area contributed by atoms with E-state index in [1.165, 1.54) is 6.07 Å². The fraction of sp³-hybridized carbons (Fsp3) is 0.538.